The van der Waals surface area contributed by atoms with Crippen molar-refractivity contribution >= 4 is 23.5 Å². The van der Waals surface area contributed by atoms with Crippen LogP contribution >= 0.6 is 11.6 Å². The first-order valence-corrected chi connectivity index (χ1v) is 10.3. The Morgan fingerprint density at radius 1 is 1.10 bits per heavy atom. The number of nitriles is 2. The van der Waals surface area contributed by atoms with Crippen LogP contribution in [0, 0.1) is 33.5 Å². The topological polar surface area (TPSA) is 67.9 Å². The number of carbonyl (C=O) groups excluding carboxylic acids is 1. The number of hydrogen-bond acceptors (Lipinski definition) is 4. The number of carbonyl (C=O) groups is 1. The molecule has 0 unspecified atom stereocenters. The average molecular weight is 416 g/mol. The molecule has 0 radical (unpaired) electrons. The zero-order chi connectivity index (χ0) is 21.7. The van der Waals surface area contributed by atoms with E-state index >= 15 is 0 Å². The summed E-state index contributed by atoms with van der Waals surface area (Å²) in [5.74, 6) is -0.646. The van der Waals surface area contributed by atoms with E-state index in [1.54, 1.807) is 18.2 Å². The highest BCUT2D eigenvalue weighted by atomic mass is 35.5. The first-order valence-electron chi connectivity index (χ1n) is 9.91. The van der Waals surface area contributed by atoms with Crippen molar-refractivity contribution in [3.05, 3.63) is 76.4 Å². The number of benzene rings is 2. The summed E-state index contributed by atoms with van der Waals surface area (Å²) in [5, 5.41) is 21.3. The van der Waals surface area contributed by atoms with Crippen LogP contribution in [-0.4, -0.2) is 16.7 Å². The monoisotopic (exact) mass is 415 g/mol. The molecule has 0 saturated carbocycles. The fraction of sp³-hybridized carbons (Fsp3) is 0.320. The van der Waals surface area contributed by atoms with Crippen LogP contribution in [-0.2, 0) is 4.79 Å². The predicted octanol–water partition coefficient (Wildman–Crippen LogP) is 5.48. The van der Waals surface area contributed by atoms with Gasteiger partial charge in [-0.25, -0.2) is 0 Å². The molecule has 2 aromatic rings. The van der Waals surface area contributed by atoms with Gasteiger partial charge in [-0.2, -0.15) is 10.5 Å². The molecule has 0 aliphatic carbocycles. The second-order valence-electron chi connectivity index (χ2n) is 8.98. The standard InChI is InChI=1S/C25H22ClN3O/c1-24(2,3)23(30)21-20(17-8-6-9-18(26)13-17)25(14-27,15-28)22-19-10-5-4-7-16(19)11-12-29(21)22/h4-13,20-22H,1-3H3/t20-,21+,22+/m0/s1. The van der Waals surface area contributed by atoms with E-state index < -0.39 is 28.8 Å². The first-order chi connectivity index (χ1) is 14.2. The molecule has 0 amide bonds. The normalized spacial score (nSPS) is 23.8. The SMILES string of the molecule is CC(C)(C)C(=O)[C@H]1[C@H](c2cccc(Cl)c2)C(C#N)(C#N)[C@H]2c3ccccc3C=CN12. The second-order valence-corrected chi connectivity index (χ2v) is 9.42. The van der Waals surface area contributed by atoms with Crippen molar-refractivity contribution in [1.82, 2.24) is 4.90 Å². The van der Waals surface area contributed by atoms with Gasteiger partial charge in [0, 0.05) is 22.6 Å². The Labute approximate surface area is 182 Å². The molecule has 5 heteroatoms. The molecule has 2 aliphatic rings. The summed E-state index contributed by atoms with van der Waals surface area (Å²) in [4.78, 5) is 15.6. The third kappa shape index (κ3) is 2.83. The van der Waals surface area contributed by atoms with Crippen molar-refractivity contribution in [3.8, 4) is 12.1 Å². The van der Waals surface area contributed by atoms with Gasteiger partial charge in [-0.15, -0.1) is 0 Å². The van der Waals surface area contributed by atoms with Crippen molar-refractivity contribution in [1.29, 1.82) is 10.5 Å². The van der Waals surface area contributed by atoms with Gasteiger partial charge in [-0.3, -0.25) is 4.79 Å². The van der Waals surface area contributed by atoms with Crippen LogP contribution in [0.2, 0.25) is 5.02 Å². The summed E-state index contributed by atoms with van der Waals surface area (Å²) in [6.45, 7) is 5.62. The van der Waals surface area contributed by atoms with Gasteiger partial charge >= 0.3 is 0 Å². The van der Waals surface area contributed by atoms with E-state index in [4.69, 9.17) is 11.6 Å². The highest BCUT2D eigenvalue weighted by Crippen LogP contribution is 2.60. The molecule has 3 atom stereocenters. The van der Waals surface area contributed by atoms with Crippen LogP contribution in [0.1, 0.15) is 49.4 Å². The highest BCUT2D eigenvalue weighted by molar-refractivity contribution is 6.30. The predicted molar refractivity (Wildman–Crippen MR) is 116 cm³/mol. The summed E-state index contributed by atoms with van der Waals surface area (Å²) in [6, 6.07) is 18.4. The molecule has 0 aromatic heterocycles. The van der Waals surface area contributed by atoms with E-state index in [0.29, 0.717) is 5.02 Å². The third-order valence-corrected chi connectivity index (χ3v) is 6.39. The average Bonchev–Trinajstić information content (AvgIpc) is 3.03. The molecule has 2 heterocycles. The molecule has 1 fully saturated rings. The molecule has 1 saturated heterocycles. The maximum atomic E-state index is 13.7. The number of Topliss-reactive ketones (excluding diaryl/α,β-unsaturated/α-hetero) is 1. The van der Waals surface area contributed by atoms with E-state index in [-0.39, 0.29) is 5.78 Å². The van der Waals surface area contributed by atoms with Crippen molar-refractivity contribution in [2.75, 3.05) is 0 Å². The van der Waals surface area contributed by atoms with Gasteiger partial charge in [0.05, 0.1) is 24.2 Å². The van der Waals surface area contributed by atoms with Crippen LogP contribution < -0.4 is 0 Å². The molecule has 2 aliphatic heterocycles. The molecular weight excluding hydrogens is 394 g/mol. The van der Waals surface area contributed by atoms with Crippen LogP contribution in [0.4, 0.5) is 0 Å². The maximum Gasteiger partial charge on any atom is 0.177 e. The lowest BCUT2D eigenvalue weighted by molar-refractivity contribution is -0.130. The smallest absolute Gasteiger partial charge is 0.177 e. The number of hydrogen-bond donors (Lipinski definition) is 0. The Balaban J connectivity index is 2.03. The Kier molecular flexibility index (Phi) is 4.72. The number of ketones is 1. The Hall–Kier alpha value is -3.08. The summed E-state index contributed by atoms with van der Waals surface area (Å²) in [7, 11) is 0. The van der Waals surface area contributed by atoms with Gasteiger partial charge in [-0.05, 0) is 34.9 Å². The summed E-state index contributed by atoms with van der Waals surface area (Å²) < 4.78 is 0. The first kappa shape index (κ1) is 20.2. The minimum Gasteiger partial charge on any atom is -0.357 e. The Bertz CT molecular complexity index is 1120. The molecule has 4 rings (SSSR count). The van der Waals surface area contributed by atoms with E-state index in [0.717, 1.165) is 16.7 Å². The summed E-state index contributed by atoms with van der Waals surface area (Å²) in [6.07, 6.45) is 3.82. The lowest BCUT2D eigenvalue weighted by Crippen LogP contribution is -2.43. The maximum absolute atomic E-state index is 13.7. The summed E-state index contributed by atoms with van der Waals surface area (Å²) in [5.41, 5.74) is 0.491. The van der Waals surface area contributed by atoms with Crippen LogP contribution in [0.3, 0.4) is 0 Å². The van der Waals surface area contributed by atoms with Crippen molar-refractivity contribution in [2.45, 2.75) is 38.8 Å². The fourth-order valence-corrected chi connectivity index (χ4v) is 5.01. The van der Waals surface area contributed by atoms with Crippen molar-refractivity contribution in [3.63, 3.8) is 0 Å². The van der Waals surface area contributed by atoms with Gasteiger partial charge < -0.3 is 4.90 Å². The van der Waals surface area contributed by atoms with Gasteiger partial charge in [0.25, 0.3) is 0 Å². The van der Waals surface area contributed by atoms with Crippen molar-refractivity contribution < 1.29 is 4.79 Å². The van der Waals surface area contributed by atoms with E-state index in [1.807, 2.05) is 68.3 Å². The van der Waals surface area contributed by atoms with Crippen molar-refractivity contribution in [2.24, 2.45) is 10.8 Å². The van der Waals surface area contributed by atoms with Gasteiger partial charge in [0.2, 0.25) is 0 Å². The molecule has 0 spiro atoms. The lowest BCUT2D eigenvalue weighted by Gasteiger charge is -2.36. The zero-order valence-corrected chi connectivity index (χ0v) is 17.9. The largest absolute Gasteiger partial charge is 0.357 e. The molecule has 2 aromatic carbocycles. The minimum absolute atomic E-state index is 0.00567. The quantitative estimate of drug-likeness (QED) is 0.651. The molecular formula is C25H22ClN3O. The Morgan fingerprint density at radius 2 is 1.80 bits per heavy atom. The number of nitrogens with zero attached hydrogens (tertiary/aromatic N) is 3. The summed E-state index contributed by atoms with van der Waals surface area (Å²) >= 11 is 6.28. The van der Waals surface area contributed by atoms with Crippen LogP contribution in [0.5, 0.6) is 0 Å². The van der Waals surface area contributed by atoms with E-state index in [2.05, 4.69) is 12.1 Å². The van der Waals surface area contributed by atoms with Gasteiger partial charge in [0.15, 0.2) is 11.2 Å². The zero-order valence-electron chi connectivity index (χ0n) is 17.1. The number of fused-ring (bicyclic) bond motifs is 3. The highest BCUT2D eigenvalue weighted by Gasteiger charge is 2.64. The molecule has 0 N–H and O–H groups in total. The number of halogens is 1. The van der Waals surface area contributed by atoms with E-state index in [9.17, 15) is 15.3 Å². The van der Waals surface area contributed by atoms with Gasteiger partial charge in [-0.1, -0.05) is 68.8 Å². The molecule has 30 heavy (non-hydrogen) atoms. The third-order valence-electron chi connectivity index (χ3n) is 6.16. The second kappa shape index (κ2) is 7.01. The lowest BCUT2D eigenvalue weighted by atomic mass is 9.66. The molecule has 0 bridgehead atoms. The minimum atomic E-state index is -1.45. The van der Waals surface area contributed by atoms with Gasteiger partial charge in [0.1, 0.15) is 0 Å². The number of rotatable bonds is 2. The van der Waals surface area contributed by atoms with Crippen LogP contribution in [0.15, 0.2) is 54.7 Å². The molecule has 150 valence electrons. The Morgan fingerprint density at radius 3 is 2.43 bits per heavy atom. The molecule has 4 nitrogen and oxygen atoms in total. The van der Waals surface area contributed by atoms with Crippen LogP contribution in [0.25, 0.3) is 6.08 Å². The fourth-order valence-electron chi connectivity index (χ4n) is 4.81. The van der Waals surface area contributed by atoms with E-state index in [1.165, 1.54) is 0 Å².